The first-order chi connectivity index (χ1) is 8.38. The van der Waals surface area contributed by atoms with Crippen LogP contribution in [0, 0.1) is 15.6 Å². The Morgan fingerprint density at radius 1 is 1.00 bits per heavy atom. The summed E-state index contributed by atoms with van der Waals surface area (Å²) in [6.07, 6.45) is 0. The van der Waals surface area contributed by atoms with Gasteiger partial charge in [-0.05, 0) is 12.2 Å². The molecule has 0 fully saturated rings. The van der Waals surface area contributed by atoms with Crippen LogP contribution >= 0.6 is 12.2 Å². The fraction of sp³-hybridized carbons (Fsp3) is 0. The van der Waals surface area contributed by atoms with Gasteiger partial charge in [0, 0.05) is 0 Å². The lowest BCUT2D eigenvalue weighted by Gasteiger charge is -2.20. The van der Waals surface area contributed by atoms with Gasteiger partial charge in [-0.2, -0.15) is 20.7 Å². The first-order valence-corrected chi connectivity index (χ1v) is 4.75. The molecule has 0 aromatic heterocycles. The first-order valence-electron chi connectivity index (χ1n) is 4.34. The summed E-state index contributed by atoms with van der Waals surface area (Å²) in [7, 11) is 0. The number of nitrogens with zero attached hydrogens (tertiary/aromatic N) is 1. The van der Waals surface area contributed by atoms with Gasteiger partial charge in [0.2, 0.25) is 17.1 Å². The summed E-state index contributed by atoms with van der Waals surface area (Å²) < 4.78 is 0. The Labute approximate surface area is 105 Å². The third kappa shape index (κ3) is 3.11. The predicted molar refractivity (Wildman–Crippen MR) is 58.5 cm³/mol. The third-order valence-electron chi connectivity index (χ3n) is 1.98. The smallest absolute Gasteiger partial charge is 0.203 e. The Morgan fingerprint density at radius 3 is 1.72 bits per heavy atom. The van der Waals surface area contributed by atoms with Crippen LogP contribution < -0.4 is 15.7 Å². The van der Waals surface area contributed by atoms with Crippen molar-refractivity contribution in [3.05, 3.63) is 27.8 Å². The highest BCUT2D eigenvalue weighted by molar-refractivity contribution is 7.78. The lowest BCUT2D eigenvalue weighted by atomic mass is 10.2. The number of isothiocyanates is 1. The van der Waals surface area contributed by atoms with Crippen LogP contribution in [0.4, 0.5) is 22.7 Å². The summed E-state index contributed by atoms with van der Waals surface area (Å²) >= 11 is 4.29. The molecule has 6 N–H and O–H groups in total. The van der Waals surface area contributed by atoms with Crippen LogP contribution in [0.2, 0.25) is 0 Å². The fourth-order valence-electron chi connectivity index (χ4n) is 1.25. The van der Waals surface area contributed by atoms with Crippen LogP contribution in [0.15, 0.2) is 17.1 Å². The minimum Gasteiger partial charge on any atom is -0.595 e. The quantitative estimate of drug-likeness (QED) is 0.204. The van der Waals surface area contributed by atoms with Crippen molar-refractivity contribution in [1.82, 2.24) is 0 Å². The largest absolute Gasteiger partial charge is 0.595 e. The first kappa shape index (κ1) is 14.7. The molecule has 3 unspecified atom stereocenters. The molecule has 10 nitrogen and oxygen atoms in total. The number of benzene rings is 1. The Kier molecular flexibility index (Phi) is 4.92. The van der Waals surface area contributed by atoms with Crippen molar-refractivity contribution in [1.29, 1.82) is 0 Å². The predicted octanol–water partition coefficient (Wildman–Crippen LogP) is -2.37. The number of thiocarbonyl (C=S) groups is 1. The van der Waals surface area contributed by atoms with Crippen LogP contribution in [-0.4, -0.2) is 20.8 Å². The molecule has 0 aliphatic carbocycles. The number of hydrogen-bond acceptors (Lipinski definition) is 8. The molecule has 0 amide bonds. The molecule has 0 aliphatic rings. The molecule has 0 saturated carbocycles. The second-order valence-corrected chi connectivity index (χ2v) is 3.22. The second-order valence-electron chi connectivity index (χ2n) is 3.04. The maximum absolute atomic E-state index is 10.9. The summed E-state index contributed by atoms with van der Waals surface area (Å²) in [6.45, 7) is 0. The van der Waals surface area contributed by atoms with Gasteiger partial charge in [-0.15, -0.1) is 0 Å². The average molecular weight is 276 g/mol. The number of quaternary nitrogens is 3. The normalized spacial score (nSPS) is 15.7. The van der Waals surface area contributed by atoms with Crippen molar-refractivity contribution in [2.24, 2.45) is 4.99 Å². The molecule has 98 valence electrons. The summed E-state index contributed by atoms with van der Waals surface area (Å²) in [5.41, 5.74) is -2.03. The van der Waals surface area contributed by atoms with Gasteiger partial charge < -0.3 is 15.6 Å². The topological polar surface area (TPSA) is 156 Å². The van der Waals surface area contributed by atoms with E-state index in [1.807, 2.05) is 5.16 Å². The molecule has 1 aromatic carbocycles. The standard InChI is InChI=1S/C7H8N4O6S/c12-9(13)4-1-5(10(14)15)7(8-3-18)6(2-4)11(16)17/h1-2,9-12,14,16H. The molecule has 18 heavy (non-hydrogen) atoms. The van der Waals surface area contributed by atoms with E-state index in [-0.39, 0.29) is 0 Å². The highest BCUT2D eigenvalue weighted by atomic mass is 32.1. The minimum atomic E-state index is -1.51. The molecule has 0 radical (unpaired) electrons. The Morgan fingerprint density at radius 2 is 1.44 bits per heavy atom. The van der Waals surface area contributed by atoms with Crippen LogP contribution in [0.3, 0.4) is 0 Å². The highest BCUT2D eigenvalue weighted by Gasteiger charge is 2.23. The molecule has 0 aliphatic heterocycles. The van der Waals surface area contributed by atoms with E-state index >= 15 is 0 Å². The monoisotopic (exact) mass is 276 g/mol. The Balaban J connectivity index is 3.59. The van der Waals surface area contributed by atoms with Crippen LogP contribution in [-0.2, 0) is 0 Å². The Bertz CT molecular complexity index is 458. The van der Waals surface area contributed by atoms with Crippen molar-refractivity contribution < 1.29 is 31.3 Å². The zero-order valence-electron chi connectivity index (χ0n) is 8.58. The maximum Gasteiger partial charge on any atom is 0.203 e. The van der Waals surface area contributed by atoms with Crippen LogP contribution in [0.5, 0.6) is 0 Å². The van der Waals surface area contributed by atoms with Crippen molar-refractivity contribution in [3.63, 3.8) is 0 Å². The number of rotatable bonds is 4. The summed E-state index contributed by atoms with van der Waals surface area (Å²) in [5.74, 6) is 0. The van der Waals surface area contributed by atoms with Gasteiger partial charge in [-0.1, -0.05) is 0 Å². The zero-order chi connectivity index (χ0) is 13.9. The van der Waals surface area contributed by atoms with E-state index in [1.54, 1.807) is 0 Å². The molecular formula is C7H8N4O6S. The van der Waals surface area contributed by atoms with E-state index in [2.05, 4.69) is 17.2 Å². The molecule has 11 heteroatoms. The van der Waals surface area contributed by atoms with E-state index in [1.165, 1.54) is 0 Å². The van der Waals surface area contributed by atoms with Gasteiger partial charge >= 0.3 is 0 Å². The molecule has 0 heterocycles. The van der Waals surface area contributed by atoms with Gasteiger partial charge in [-0.25, -0.2) is 15.6 Å². The molecule has 0 saturated heterocycles. The fourth-order valence-corrected chi connectivity index (χ4v) is 1.34. The van der Waals surface area contributed by atoms with Crippen LogP contribution in [0.25, 0.3) is 0 Å². The lowest BCUT2D eigenvalue weighted by Crippen LogP contribution is -3.02. The number of hydrogen-bond donors (Lipinski definition) is 6. The van der Waals surface area contributed by atoms with Gasteiger partial charge in [-0.3, -0.25) is 0 Å². The van der Waals surface area contributed by atoms with Gasteiger partial charge in [0.15, 0.2) is 5.69 Å². The summed E-state index contributed by atoms with van der Waals surface area (Å²) in [6, 6.07) is 1.62. The summed E-state index contributed by atoms with van der Waals surface area (Å²) in [4.78, 5) is 3.36. The Hall–Kier alpha value is -1.34. The minimum absolute atomic E-state index is 0.435. The van der Waals surface area contributed by atoms with Crippen molar-refractivity contribution in [3.8, 4) is 0 Å². The number of aliphatic imine (C=N–C) groups is 1. The zero-order valence-corrected chi connectivity index (χ0v) is 9.39. The van der Waals surface area contributed by atoms with Gasteiger partial charge in [0.25, 0.3) is 0 Å². The van der Waals surface area contributed by atoms with Gasteiger partial charge in [0.1, 0.15) is 0 Å². The van der Waals surface area contributed by atoms with E-state index in [0.717, 1.165) is 12.1 Å². The van der Waals surface area contributed by atoms with E-state index < -0.39 is 38.4 Å². The summed E-state index contributed by atoms with van der Waals surface area (Å²) in [5, 5.41) is 56.6. The van der Waals surface area contributed by atoms with Crippen molar-refractivity contribution >= 4 is 40.1 Å². The molecule has 0 spiro atoms. The van der Waals surface area contributed by atoms with Crippen molar-refractivity contribution in [2.45, 2.75) is 0 Å². The molecule has 1 aromatic rings. The van der Waals surface area contributed by atoms with E-state index in [9.17, 15) is 15.6 Å². The highest BCUT2D eigenvalue weighted by Crippen LogP contribution is 2.30. The average Bonchev–Trinajstić information content (AvgIpc) is 2.28. The molecule has 3 atom stereocenters. The van der Waals surface area contributed by atoms with E-state index in [0.29, 0.717) is 0 Å². The SMILES string of the molecule is [O-][NH+](O)c1cc([NH+]([O-])O)c(N=C=S)c([NH+]([O-])O)c1. The molecule has 1 rings (SSSR count). The number of nitrogens with one attached hydrogen (secondary N) is 3. The second kappa shape index (κ2) is 6.01. The maximum atomic E-state index is 10.9. The van der Waals surface area contributed by atoms with Crippen molar-refractivity contribution in [2.75, 3.05) is 0 Å². The molecular weight excluding hydrogens is 268 g/mol. The lowest BCUT2D eigenvalue weighted by molar-refractivity contribution is -1.00. The van der Waals surface area contributed by atoms with E-state index in [4.69, 9.17) is 15.6 Å². The van der Waals surface area contributed by atoms with Crippen LogP contribution in [0.1, 0.15) is 0 Å². The molecule has 0 bridgehead atoms. The third-order valence-corrected chi connectivity index (χ3v) is 2.07. The van der Waals surface area contributed by atoms with Gasteiger partial charge in [0.05, 0.1) is 17.3 Å².